The number of carbonyl (C=O) groups is 1. The Kier molecular flexibility index (Phi) is 4.38. The van der Waals surface area contributed by atoms with Gasteiger partial charge in [0.2, 0.25) is 0 Å². The molecule has 2 rings (SSSR count). The number of aryl methyl sites for hydroxylation is 1. The molecule has 0 aliphatic heterocycles. The van der Waals surface area contributed by atoms with Crippen molar-refractivity contribution in [3.8, 4) is 0 Å². The monoisotopic (exact) mass is 287 g/mol. The summed E-state index contributed by atoms with van der Waals surface area (Å²) in [5.74, 6) is -1.38. The van der Waals surface area contributed by atoms with Gasteiger partial charge in [-0.3, -0.25) is 4.79 Å². The molecule has 0 fully saturated rings. The summed E-state index contributed by atoms with van der Waals surface area (Å²) < 4.78 is 13.3. The Morgan fingerprint density at radius 1 is 1.24 bits per heavy atom. The fourth-order valence-corrected chi connectivity index (χ4v) is 2.45. The molecule has 0 aromatic heterocycles. The smallest absolute Gasteiger partial charge is 0.315 e. The van der Waals surface area contributed by atoms with Gasteiger partial charge in [-0.2, -0.15) is 0 Å². The van der Waals surface area contributed by atoms with Gasteiger partial charge in [0.15, 0.2) is 0 Å². The Morgan fingerprint density at radius 2 is 1.90 bits per heavy atom. The van der Waals surface area contributed by atoms with E-state index in [1.54, 1.807) is 24.3 Å². The first kappa shape index (κ1) is 15.2. The molecule has 0 amide bonds. The zero-order chi connectivity index (χ0) is 15.5. The first-order valence-corrected chi connectivity index (χ1v) is 6.73. The zero-order valence-corrected chi connectivity index (χ0v) is 11.8. The largest absolute Gasteiger partial charge is 0.481 e. The minimum absolute atomic E-state index is 0.0537. The first-order valence-electron chi connectivity index (χ1n) is 6.73. The summed E-state index contributed by atoms with van der Waals surface area (Å²) in [4.78, 5) is 11.9. The molecule has 3 nitrogen and oxygen atoms in total. The van der Waals surface area contributed by atoms with Crippen LogP contribution in [0.3, 0.4) is 0 Å². The maximum atomic E-state index is 13.3. The van der Waals surface area contributed by atoms with E-state index >= 15 is 0 Å². The van der Waals surface area contributed by atoms with Gasteiger partial charge in [0.25, 0.3) is 0 Å². The number of carboxylic acids is 1. The standard InChI is InChI=1S/C17H18FNO2/c1-12-5-7-14(8-6-12)17(11-19,16(20)21)10-13-3-2-4-15(18)9-13/h2-9H,10-11,19H2,1H3,(H,20,21). The molecular weight excluding hydrogens is 269 g/mol. The summed E-state index contributed by atoms with van der Waals surface area (Å²) in [6.45, 7) is 1.88. The minimum Gasteiger partial charge on any atom is -0.481 e. The van der Waals surface area contributed by atoms with E-state index in [9.17, 15) is 14.3 Å². The van der Waals surface area contributed by atoms with Crippen molar-refractivity contribution < 1.29 is 14.3 Å². The second-order valence-corrected chi connectivity index (χ2v) is 5.26. The van der Waals surface area contributed by atoms with Crippen LogP contribution in [0.15, 0.2) is 48.5 Å². The topological polar surface area (TPSA) is 63.3 Å². The zero-order valence-electron chi connectivity index (χ0n) is 11.8. The fraction of sp³-hybridized carbons (Fsp3) is 0.235. The van der Waals surface area contributed by atoms with Crippen LogP contribution in [-0.2, 0) is 16.6 Å². The molecule has 2 aromatic rings. The molecule has 1 atom stereocenters. The summed E-state index contributed by atoms with van der Waals surface area (Å²) in [6.07, 6.45) is 0.152. The van der Waals surface area contributed by atoms with Crippen LogP contribution in [0.5, 0.6) is 0 Å². The molecule has 0 bridgehead atoms. The Morgan fingerprint density at radius 3 is 2.43 bits per heavy atom. The normalized spacial score (nSPS) is 13.7. The van der Waals surface area contributed by atoms with Crippen molar-refractivity contribution in [2.75, 3.05) is 6.54 Å². The highest BCUT2D eigenvalue weighted by Crippen LogP contribution is 2.29. The second-order valence-electron chi connectivity index (χ2n) is 5.26. The average Bonchev–Trinajstić information content (AvgIpc) is 2.45. The van der Waals surface area contributed by atoms with Crippen molar-refractivity contribution >= 4 is 5.97 Å². The van der Waals surface area contributed by atoms with Crippen LogP contribution in [-0.4, -0.2) is 17.6 Å². The summed E-state index contributed by atoms with van der Waals surface area (Å²) in [6, 6.07) is 13.2. The molecule has 0 saturated heterocycles. The summed E-state index contributed by atoms with van der Waals surface area (Å²) in [5, 5.41) is 9.70. The third kappa shape index (κ3) is 3.11. The van der Waals surface area contributed by atoms with Crippen molar-refractivity contribution in [3.63, 3.8) is 0 Å². The molecule has 0 heterocycles. The van der Waals surface area contributed by atoms with E-state index < -0.39 is 11.4 Å². The summed E-state index contributed by atoms with van der Waals surface area (Å²) in [7, 11) is 0. The SMILES string of the molecule is Cc1ccc(C(CN)(Cc2cccc(F)c2)C(=O)O)cc1. The summed E-state index contributed by atoms with van der Waals surface area (Å²) in [5.41, 5.74) is 6.83. The lowest BCUT2D eigenvalue weighted by Gasteiger charge is -2.29. The van der Waals surface area contributed by atoms with Crippen molar-refractivity contribution in [2.45, 2.75) is 18.8 Å². The Bertz CT molecular complexity index is 639. The highest BCUT2D eigenvalue weighted by atomic mass is 19.1. The molecular formula is C17H18FNO2. The third-order valence-electron chi connectivity index (χ3n) is 3.76. The molecule has 0 radical (unpaired) electrons. The van der Waals surface area contributed by atoms with Crippen molar-refractivity contribution in [1.29, 1.82) is 0 Å². The van der Waals surface area contributed by atoms with Gasteiger partial charge in [-0.25, -0.2) is 4.39 Å². The molecule has 2 aromatic carbocycles. The van der Waals surface area contributed by atoms with Crippen molar-refractivity contribution in [2.24, 2.45) is 5.73 Å². The molecule has 0 saturated carbocycles. The molecule has 0 spiro atoms. The average molecular weight is 287 g/mol. The van der Waals surface area contributed by atoms with Gasteiger partial charge in [-0.15, -0.1) is 0 Å². The van der Waals surface area contributed by atoms with Crippen LogP contribution < -0.4 is 5.73 Å². The molecule has 21 heavy (non-hydrogen) atoms. The molecule has 3 N–H and O–H groups in total. The lowest BCUT2D eigenvalue weighted by molar-refractivity contribution is -0.143. The van der Waals surface area contributed by atoms with Gasteiger partial charge in [-0.05, 0) is 36.6 Å². The van der Waals surface area contributed by atoms with Gasteiger partial charge in [0, 0.05) is 6.54 Å². The van der Waals surface area contributed by atoms with Crippen LogP contribution in [0.4, 0.5) is 4.39 Å². The number of halogens is 1. The lowest BCUT2D eigenvalue weighted by Crippen LogP contribution is -2.45. The van der Waals surface area contributed by atoms with E-state index in [2.05, 4.69) is 0 Å². The van der Waals surface area contributed by atoms with Gasteiger partial charge >= 0.3 is 5.97 Å². The number of rotatable bonds is 5. The first-order chi connectivity index (χ1) is 9.98. The number of benzene rings is 2. The third-order valence-corrected chi connectivity index (χ3v) is 3.76. The van der Waals surface area contributed by atoms with Crippen molar-refractivity contribution in [1.82, 2.24) is 0 Å². The van der Waals surface area contributed by atoms with E-state index in [4.69, 9.17) is 5.73 Å². The Hall–Kier alpha value is -2.20. The van der Waals surface area contributed by atoms with E-state index in [1.807, 2.05) is 19.1 Å². The molecule has 4 heteroatoms. The predicted octanol–water partition coefficient (Wildman–Crippen LogP) is 2.66. The Labute approximate surface area is 123 Å². The number of hydrogen-bond acceptors (Lipinski definition) is 2. The maximum absolute atomic E-state index is 13.3. The number of nitrogens with two attached hydrogens (primary N) is 1. The van der Waals surface area contributed by atoms with Gasteiger partial charge in [0.05, 0.1) is 0 Å². The van der Waals surface area contributed by atoms with Gasteiger partial charge in [0.1, 0.15) is 11.2 Å². The van der Waals surface area contributed by atoms with Gasteiger partial charge in [-0.1, -0.05) is 42.0 Å². The second kappa shape index (κ2) is 6.06. The molecule has 1 unspecified atom stereocenters. The van der Waals surface area contributed by atoms with E-state index in [1.165, 1.54) is 12.1 Å². The maximum Gasteiger partial charge on any atom is 0.315 e. The van der Waals surface area contributed by atoms with Crippen LogP contribution in [0, 0.1) is 12.7 Å². The minimum atomic E-state index is -1.25. The van der Waals surface area contributed by atoms with E-state index in [0.29, 0.717) is 11.1 Å². The highest BCUT2D eigenvalue weighted by molar-refractivity contribution is 5.82. The molecule has 0 aliphatic rings. The lowest BCUT2D eigenvalue weighted by atomic mass is 9.75. The van der Waals surface area contributed by atoms with Crippen LogP contribution in [0.1, 0.15) is 16.7 Å². The number of aliphatic carboxylic acids is 1. The molecule has 110 valence electrons. The van der Waals surface area contributed by atoms with E-state index in [-0.39, 0.29) is 18.8 Å². The quantitative estimate of drug-likeness (QED) is 0.888. The fourth-order valence-electron chi connectivity index (χ4n) is 2.45. The predicted molar refractivity (Wildman–Crippen MR) is 79.7 cm³/mol. The summed E-state index contributed by atoms with van der Waals surface area (Å²) >= 11 is 0. The van der Waals surface area contributed by atoms with Gasteiger partial charge < -0.3 is 10.8 Å². The number of hydrogen-bond donors (Lipinski definition) is 2. The number of carboxylic acid groups (broad SMARTS) is 1. The van der Waals surface area contributed by atoms with Crippen LogP contribution in [0.25, 0.3) is 0 Å². The molecule has 0 aliphatic carbocycles. The van der Waals surface area contributed by atoms with E-state index in [0.717, 1.165) is 5.56 Å². The van der Waals surface area contributed by atoms with Crippen LogP contribution >= 0.6 is 0 Å². The van der Waals surface area contributed by atoms with Crippen LogP contribution in [0.2, 0.25) is 0 Å². The van der Waals surface area contributed by atoms with Crippen molar-refractivity contribution in [3.05, 3.63) is 71.0 Å². The highest BCUT2D eigenvalue weighted by Gasteiger charge is 2.39. The Balaban J connectivity index is 2.46.